The quantitative estimate of drug-likeness (QED) is 0.224. The average molecular weight is 521 g/mol. The zero-order valence-corrected chi connectivity index (χ0v) is 23.5. The molecule has 1 aromatic heterocycles. The summed E-state index contributed by atoms with van der Waals surface area (Å²) in [5.41, 5.74) is 2.29. The van der Waals surface area contributed by atoms with E-state index in [1.165, 1.54) is 4.90 Å². The van der Waals surface area contributed by atoms with E-state index in [1.54, 1.807) is 19.1 Å². The zero-order valence-electron chi connectivity index (χ0n) is 22.5. The Bertz CT molecular complexity index is 1190. The predicted octanol–water partition coefficient (Wildman–Crippen LogP) is 6.99. The summed E-state index contributed by atoms with van der Waals surface area (Å²) in [4.78, 5) is 32.1. The molecule has 0 aliphatic heterocycles. The molecule has 0 fully saturated rings. The van der Waals surface area contributed by atoms with Crippen LogP contribution in [0.2, 0.25) is 18.1 Å². The lowest BCUT2D eigenvalue weighted by atomic mass is 10.2. The van der Waals surface area contributed by atoms with Crippen molar-refractivity contribution in [3.63, 3.8) is 0 Å². The van der Waals surface area contributed by atoms with Gasteiger partial charge < -0.3 is 13.9 Å². The first-order valence-corrected chi connectivity index (χ1v) is 15.3. The van der Waals surface area contributed by atoms with Gasteiger partial charge in [-0.2, -0.15) is 0 Å². The molecule has 0 spiro atoms. The Morgan fingerprint density at radius 2 is 1.49 bits per heavy atom. The van der Waals surface area contributed by atoms with Crippen LogP contribution in [0.25, 0.3) is 0 Å². The molecule has 0 unspecified atom stereocenters. The van der Waals surface area contributed by atoms with Crippen LogP contribution < -0.4 is 9.33 Å². The van der Waals surface area contributed by atoms with Crippen LogP contribution in [0.5, 0.6) is 5.88 Å². The number of benzene rings is 2. The topological polar surface area (TPSA) is 78.0 Å². The Balaban J connectivity index is 2.02. The molecular weight excluding hydrogens is 484 g/mol. The van der Waals surface area contributed by atoms with Crippen LogP contribution in [0.3, 0.4) is 0 Å². The van der Waals surface area contributed by atoms with Gasteiger partial charge in [0.15, 0.2) is 5.69 Å². The molecule has 0 saturated carbocycles. The fourth-order valence-electron chi connectivity index (χ4n) is 3.25. The maximum Gasteiger partial charge on any atom is 0.414 e. The number of anilines is 1. The molecule has 0 N–H and O–H groups in total. The third-order valence-corrected chi connectivity index (χ3v) is 10.7. The maximum atomic E-state index is 13.4. The lowest BCUT2D eigenvalue weighted by molar-refractivity contribution is 0.0518. The van der Waals surface area contributed by atoms with Gasteiger partial charge in [-0.15, -0.1) is 0 Å². The molecule has 0 radical (unpaired) electrons. The van der Waals surface area contributed by atoms with Crippen LogP contribution in [-0.2, 0) is 22.6 Å². The van der Waals surface area contributed by atoms with E-state index in [1.807, 2.05) is 60.7 Å². The highest BCUT2D eigenvalue weighted by Gasteiger charge is 2.39. The van der Waals surface area contributed by atoms with E-state index in [0.717, 1.165) is 11.1 Å². The molecule has 2 aromatic carbocycles. The molecule has 3 rings (SSSR count). The highest BCUT2D eigenvalue weighted by atomic mass is 28.4. The molecule has 37 heavy (non-hydrogen) atoms. The smallest absolute Gasteiger partial charge is 0.414 e. The molecule has 0 atom stereocenters. The van der Waals surface area contributed by atoms with E-state index in [4.69, 9.17) is 13.9 Å². The van der Waals surface area contributed by atoms with Crippen molar-refractivity contribution in [2.24, 2.45) is 0 Å². The van der Waals surface area contributed by atoms with Gasteiger partial charge in [0.2, 0.25) is 5.88 Å². The Morgan fingerprint density at radius 3 is 2.05 bits per heavy atom. The molecule has 196 valence electrons. The minimum absolute atomic E-state index is 0.0713. The first kappa shape index (κ1) is 27.9. The predicted molar refractivity (Wildman–Crippen MR) is 147 cm³/mol. The number of esters is 1. The number of aromatic nitrogens is 1. The summed E-state index contributed by atoms with van der Waals surface area (Å²) in [6.45, 7) is 12.9. The molecule has 1 heterocycles. The number of amides is 1. The van der Waals surface area contributed by atoms with Crippen LogP contribution in [-0.4, -0.2) is 32.0 Å². The van der Waals surface area contributed by atoms with E-state index in [0.29, 0.717) is 5.69 Å². The largest absolute Gasteiger partial charge is 0.531 e. The van der Waals surface area contributed by atoms with Crippen molar-refractivity contribution in [1.29, 1.82) is 0 Å². The van der Waals surface area contributed by atoms with Crippen molar-refractivity contribution in [3.8, 4) is 5.88 Å². The number of hydrogen-bond donors (Lipinski definition) is 0. The second-order valence-corrected chi connectivity index (χ2v) is 15.0. The number of rotatable bonds is 9. The van der Waals surface area contributed by atoms with Crippen molar-refractivity contribution in [1.82, 2.24) is 4.98 Å². The summed E-state index contributed by atoms with van der Waals surface area (Å²) >= 11 is 0. The molecule has 0 saturated heterocycles. The second kappa shape index (κ2) is 12.1. The van der Waals surface area contributed by atoms with Crippen molar-refractivity contribution >= 4 is 26.1 Å². The normalized spacial score (nSPS) is 11.5. The molecule has 0 bridgehead atoms. The number of pyridine rings is 1. The van der Waals surface area contributed by atoms with Crippen LogP contribution in [0.4, 0.5) is 10.5 Å². The average Bonchev–Trinajstić information content (AvgIpc) is 2.86. The Labute approximate surface area is 220 Å². The van der Waals surface area contributed by atoms with E-state index < -0.39 is 20.4 Å². The first-order valence-electron chi connectivity index (χ1n) is 12.4. The van der Waals surface area contributed by atoms with Gasteiger partial charge in [-0.3, -0.25) is 4.90 Å². The highest BCUT2D eigenvalue weighted by molar-refractivity contribution is 6.74. The van der Waals surface area contributed by atoms with Gasteiger partial charge in [-0.25, -0.2) is 14.6 Å². The maximum absolute atomic E-state index is 13.4. The van der Waals surface area contributed by atoms with Crippen molar-refractivity contribution < 1.29 is 23.5 Å². The van der Waals surface area contributed by atoms with Gasteiger partial charge in [-0.1, -0.05) is 81.4 Å². The van der Waals surface area contributed by atoms with Crippen LogP contribution in [0, 0.1) is 0 Å². The summed E-state index contributed by atoms with van der Waals surface area (Å²) in [5, 5.41) is -0.0902. The molecule has 7 nitrogen and oxygen atoms in total. The molecular formula is C29H36N2O5Si. The monoisotopic (exact) mass is 520 g/mol. The van der Waals surface area contributed by atoms with E-state index >= 15 is 0 Å². The van der Waals surface area contributed by atoms with E-state index in [2.05, 4.69) is 38.8 Å². The van der Waals surface area contributed by atoms with Gasteiger partial charge in [0, 0.05) is 6.07 Å². The lowest BCUT2D eigenvalue weighted by Crippen LogP contribution is -2.44. The molecule has 3 aromatic rings. The van der Waals surface area contributed by atoms with Gasteiger partial charge >= 0.3 is 12.1 Å². The molecule has 8 heteroatoms. The minimum Gasteiger partial charge on any atom is -0.531 e. The first-order chi connectivity index (χ1) is 17.5. The number of carbonyl (C=O) groups excluding carboxylic acids is 2. The SMILES string of the molecule is CCOC(=O)c1cc(N(Cc2ccccc2)C(=O)OCc2ccccc2)cc(O[Si](C)(C)C(C)(C)C)n1. The zero-order chi connectivity index (χ0) is 27.1. The van der Waals surface area contributed by atoms with E-state index in [9.17, 15) is 9.59 Å². The van der Waals surface area contributed by atoms with Crippen LogP contribution >= 0.6 is 0 Å². The Kier molecular flexibility index (Phi) is 9.10. The standard InChI is InChI=1S/C29H36N2O5Si/c1-7-34-27(32)25-18-24(19-26(30-25)36-37(5,6)29(2,3)4)31(20-22-14-10-8-11-15-22)28(33)35-21-23-16-12-9-13-17-23/h8-19H,7,20-21H2,1-6H3. The van der Waals surface area contributed by atoms with E-state index in [-0.39, 0.29) is 36.4 Å². The fraction of sp³-hybridized carbons (Fsp3) is 0.345. The van der Waals surface area contributed by atoms with Gasteiger partial charge in [0.05, 0.1) is 18.8 Å². The van der Waals surface area contributed by atoms with Crippen molar-refractivity contribution in [3.05, 3.63) is 89.6 Å². The van der Waals surface area contributed by atoms with Crippen LogP contribution in [0.1, 0.15) is 49.3 Å². The third-order valence-electron chi connectivity index (χ3n) is 6.36. The summed E-state index contributed by atoms with van der Waals surface area (Å²) in [6, 6.07) is 22.3. The fourth-order valence-corrected chi connectivity index (χ4v) is 4.18. The number of carbonyl (C=O) groups is 2. The Morgan fingerprint density at radius 1 is 0.892 bits per heavy atom. The van der Waals surface area contributed by atoms with Crippen molar-refractivity contribution in [2.75, 3.05) is 11.5 Å². The van der Waals surface area contributed by atoms with Crippen molar-refractivity contribution in [2.45, 2.75) is 59.0 Å². The van der Waals surface area contributed by atoms with Crippen LogP contribution in [0.15, 0.2) is 72.8 Å². The number of ether oxygens (including phenoxy) is 2. The highest BCUT2D eigenvalue weighted by Crippen LogP contribution is 2.38. The van der Waals surface area contributed by atoms with Gasteiger partial charge in [0.1, 0.15) is 6.61 Å². The number of nitrogens with zero attached hydrogens (tertiary/aromatic N) is 2. The molecule has 0 aliphatic carbocycles. The third kappa shape index (κ3) is 7.66. The summed E-state index contributed by atoms with van der Waals surface area (Å²) < 4.78 is 17.3. The second-order valence-electron chi connectivity index (χ2n) is 10.2. The summed E-state index contributed by atoms with van der Waals surface area (Å²) in [7, 11) is -2.29. The molecule has 0 aliphatic rings. The van der Waals surface area contributed by atoms with Gasteiger partial charge in [0.25, 0.3) is 8.32 Å². The molecule has 1 amide bonds. The summed E-state index contributed by atoms with van der Waals surface area (Å²) in [6.07, 6.45) is -0.549. The lowest BCUT2D eigenvalue weighted by Gasteiger charge is -2.36. The Hall–Kier alpha value is -3.65. The van der Waals surface area contributed by atoms with Gasteiger partial charge in [-0.05, 0) is 42.2 Å². The minimum atomic E-state index is -2.29. The summed E-state index contributed by atoms with van der Waals surface area (Å²) in [5.74, 6) is -0.303. The number of hydrogen-bond acceptors (Lipinski definition) is 6.